The zero-order valence-corrected chi connectivity index (χ0v) is 9.60. The highest BCUT2D eigenvalue weighted by molar-refractivity contribution is 4.95. The predicted molar refractivity (Wildman–Crippen MR) is 62.1 cm³/mol. The molecule has 1 atom stereocenters. The zero-order chi connectivity index (χ0) is 10.2. The topological polar surface area (TPSA) is 12.0 Å². The fraction of sp³-hybridized carbons (Fsp3) is 0.846. The lowest BCUT2D eigenvalue weighted by Gasteiger charge is -2.16. The van der Waals surface area contributed by atoms with Crippen LogP contribution >= 0.6 is 0 Å². The third-order valence-corrected chi connectivity index (χ3v) is 2.84. The first-order valence-corrected chi connectivity index (χ1v) is 6.01. The van der Waals surface area contributed by atoms with Gasteiger partial charge in [0.1, 0.15) is 0 Å². The van der Waals surface area contributed by atoms with Crippen LogP contribution in [0, 0.1) is 17.8 Å². The fourth-order valence-electron chi connectivity index (χ4n) is 1.87. The van der Waals surface area contributed by atoms with E-state index in [4.69, 9.17) is 0 Å². The first-order chi connectivity index (χ1) is 6.88. The van der Waals surface area contributed by atoms with E-state index in [1.165, 1.54) is 38.6 Å². The van der Waals surface area contributed by atoms with Crippen molar-refractivity contribution in [1.82, 2.24) is 5.32 Å². The number of hydrogen-bond donors (Lipinski definition) is 1. The molecule has 0 saturated heterocycles. The third-order valence-electron chi connectivity index (χ3n) is 2.84. The molecule has 1 aliphatic carbocycles. The predicted octanol–water partition coefficient (Wildman–Crippen LogP) is 2.96. The minimum Gasteiger partial charge on any atom is -0.314 e. The summed E-state index contributed by atoms with van der Waals surface area (Å²) >= 11 is 0. The molecule has 14 heavy (non-hydrogen) atoms. The van der Waals surface area contributed by atoms with Crippen LogP contribution in [-0.4, -0.2) is 12.6 Å². The van der Waals surface area contributed by atoms with Gasteiger partial charge in [0.2, 0.25) is 0 Å². The molecule has 80 valence electrons. The average molecular weight is 193 g/mol. The molecular formula is C13H23N. The summed E-state index contributed by atoms with van der Waals surface area (Å²) in [5, 5.41) is 3.66. The molecule has 1 heteroatoms. The van der Waals surface area contributed by atoms with E-state index in [1.807, 2.05) is 6.92 Å². The van der Waals surface area contributed by atoms with Gasteiger partial charge in [-0.15, -0.1) is 11.8 Å². The molecule has 1 N–H and O–H groups in total. The van der Waals surface area contributed by atoms with E-state index < -0.39 is 0 Å². The van der Waals surface area contributed by atoms with Gasteiger partial charge in [-0.05, 0) is 51.5 Å². The van der Waals surface area contributed by atoms with Gasteiger partial charge in [0, 0.05) is 12.5 Å². The third kappa shape index (κ3) is 4.67. The Morgan fingerprint density at radius 2 is 2.21 bits per heavy atom. The van der Waals surface area contributed by atoms with E-state index in [9.17, 15) is 0 Å². The Morgan fingerprint density at radius 1 is 1.43 bits per heavy atom. The van der Waals surface area contributed by atoms with Crippen LogP contribution in [-0.2, 0) is 0 Å². The molecule has 0 aromatic heterocycles. The van der Waals surface area contributed by atoms with E-state index in [0.717, 1.165) is 18.4 Å². The Kier molecular flexibility index (Phi) is 5.71. The molecule has 1 nitrogen and oxygen atoms in total. The summed E-state index contributed by atoms with van der Waals surface area (Å²) in [6.45, 7) is 5.34. The van der Waals surface area contributed by atoms with Crippen LogP contribution in [0.4, 0.5) is 0 Å². The molecule has 0 bridgehead atoms. The van der Waals surface area contributed by atoms with Gasteiger partial charge in [-0.3, -0.25) is 0 Å². The summed E-state index contributed by atoms with van der Waals surface area (Å²) < 4.78 is 0. The molecule has 1 rings (SSSR count). The van der Waals surface area contributed by atoms with Gasteiger partial charge < -0.3 is 5.32 Å². The second-order valence-corrected chi connectivity index (χ2v) is 4.22. The highest BCUT2D eigenvalue weighted by Crippen LogP contribution is 2.34. The molecular weight excluding hydrogens is 170 g/mol. The van der Waals surface area contributed by atoms with Crippen LogP contribution in [0.2, 0.25) is 0 Å². The van der Waals surface area contributed by atoms with Crippen LogP contribution in [0.3, 0.4) is 0 Å². The van der Waals surface area contributed by atoms with Gasteiger partial charge in [-0.25, -0.2) is 0 Å². The Balaban J connectivity index is 2.10. The lowest BCUT2D eigenvalue weighted by molar-refractivity contribution is 0.427. The van der Waals surface area contributed by atoms with Crippen LogP contribution in [0.5, 0.6) is 0 Å². The maximum Gasteiger partial charge on any atom is 0.00956 e. The summed E-state index contributed by atoms with van der Waals surface area (Å²) in [6.07, 6.45) is 7.80. The first-order valence-electron chi connectivity index (χ1n) is 6.01. The molecule has 0 heterocycles. The minimum absolute atomic E-state index is 0.786. The van der Waals surface area contributed by atoms with Crippen molar-refractivity contribution < 1.29 is 0 Å². The van der Waals surface area contributed by atoms with Crippen molar-refractivity contribution in [2.75, 3.05) is 6.54 Å². The van der Waals surface area contributed by atoms with Gasteiger partial charge in [0.15, 0.2) is 0 Å². The van der Waals surface area contributed by atoms with E-state index in [2.05, 4.69) is 24.1 Å². The average Bonchev–Trinajstić information content (AvgIpc) is 3.00. The second-order valence-electron chi connectivity index (χ2n) is 4.22. The number of nitrogens with one attached hydrogen (secondary N) is 1. The largest absolute Gasteiger partial charge is 0.314 e. The molecule has 1 fully saturated rings. The maximum atomic E-state index is 3.66. The van der Waals surface area contributed by atoms with Crippen molar-refractivity contribution in [3.63, 3.8) is 0 Å². The molecule has 0 aromatic carbocycles. The lowest BCUT2D eigenvalue weighted by atomic mass is 10.1. The van der Waals surface area contributed by atoms with Crippen LogP contribution in [0.1, 0.15) is 52.4 Å². The number of hydrogen-bond acceptors (Lipinski definition) is 1. The van der Waals surface area contributed by atoms with Crippen LogP contribution in [0.15, 0.2) is 0 Å². The van der Waals surface area contributed by atoms with E-state index in [0.29, 0.717) is 0 Å². The summed E-state index contributed by atoms with van der Waals surface area (Å²) in [5.74, 6) is 7.08. The smallest absolute Gasteiger partial charge is 0.00956 e. The lowest BCUT2D eigenvalue weighted by Crippen LogP contribution is -2.31. The van der Waals surface area contributed by atoms with Crippen molar-refractivity contribution >= 4 is 0 Å². The molecule has 1 saturated carbocycles. The van der Waals surface area contributed by atoms with Crippen molar-refractivity contribution in [3.05, 3.63) is 0 Å². The molecule has 0 aliphatic heterocycles. The Morgan fingerprint density at radius 3 is 2.79 bits per heavy atom. The zero-order valence-electron chi connectivity index (χ0n) is 9.60. The number of rotatable bonds is 7. The molecule has 1 unspecified atom stereocenters. The molecule has 0 spiro atoms. The Bertz CT molecular complexity index is 195. The number of unbranched alkanes of at least 4 members (excludes halogenated alkanes) is 1. The molecule has 0 aromatic rings. The minimum atomic E-state index is 0.786. The SMILES string of the molecule is CC#CCCCC(NCCC)C1CC1. The normalized spacial score (nSPS) is 17.3. The van der Waals surface area contributed by atoms with E-state index >= 15 is 0 Å². The second kappa shape index (κ2) is 6.90. The summed E-state index contributed by atoms with van der Waals surface area (Å²) in [7, 11) is 0. The van der Waals surface area contributed by atoms with Gasteiger partial charge in [-0.1, -0.05) is 6.92 Å². The quantitative estimate of drug-likeness (QED) is 0.484. The summed E-state index contributed by atoms with van der Waals surface area (Å²) in [6, 6.07) is 0.786. The van der Waals surface area contributed by atoms with Crippen LogP contribution < -0.4 is 5.32 Å². The van der Waals surface area contributed by atoms with Gasteiger partial charge in [-0.2, -0.15) is 0 Å². The highest BCUT2D eigenvalue weighted by atomic mass is 14.9. The van der Waals surface area contributed by atoms with Gasteiger partial charge >= 0.3 is 0 Å². The van der Waals surface area contributed by atoms with Crippen molar-refractivity contribution in [1.29, 1.82) is 0 Å². The van der Waals surface area contributed by atoms with Crippen LogP contribution in [0.25, 0.3) is 0 Å². The fourth-order valence-corrected chi connectivity index (χ4v) is 1.87. The van der Waals surface area contributed by atoms with E-state index in [-0.39, 0.29) is 0 Å². The van der Waals surface area contributed by atoms with Crippen molar-refractivity contribution in [2.45, 2.75) is 58.4 Å². The first kappa shape index (κ1) is 11.6. The highest BCUT2D eigenvalue weighted by Gasteiger charge is 2.29. The Hall–Kier alpha value is -0.480. The van der Waals surface area contributed by atoms with Crippen molar-refractivity contribution in [2.24, 2.45) is 5.92 Å². The summed E-state index contributed by atoms with van der Waals surface area (Å²) in [4.78, 5) is 0. The maximum absolute atomic E-state index is 3.66. The monoisotopic (exact) mass is 193 g/mol. The standard InChI is InChI=1S/C13H23N/c1-3-5-6-7-8-13(12-9-10-12)14-11-4-2/h12-14H,4,6-11H2,1-2H3. The molecule has 0 amide bonds. The van der Waals surface area contributed by atoms with E-state index in [1.54, 1.807) is 0 Å². The Labute approximate surface area is 88.7 Å². The molecule has 0 radical (unpaired) electrons. The molecule has 1 aliphatic rings. The van der Waals surface area contributed by atoms with Crippen molar-refractivity contribution in [3.8, 4) is 11.8 Å². The van der Waals surface area contributed by atoms with Gasteiger partial charge in [0.05, 0.1) is 0 Å². The van der Waals surface area contributed by atoms with Gasteiger partial charge in [0.25, 0.3) is 0 Å². The summed E-state index contributed by atoms with van der Waals surface area (Å²) in [5.41, 5.74) is 0.